The minimum atomic E-state index is -0.546. The van der Waals surface area contributed by atoms with Crippen molar-refractivity contribution >= 4 is 34.9 Å². The highest BCUT2D eigenvalue weighted by Crippen LogP contribution is 2.31. The Morgan fingerprint density at radius 2 is 2.00 bits per heavy atom. The molecule has 0 N–H and O–H groups in total. The monoisotopic (exact) mass is 381 g/mol. The van der Waals surface area contributed by atoms with E-state index in [9.17, 15) is 19.7 Å². The number of carbonyl (C=O) groups is 2. The van der Waals surface area contributed by atoms with E-state index in [-0.39, 0.29) is 18.2 Å². The van der Waals surface area contributed by atoms with E-state index in [2.05, 4.69) is 0 Å². The number of hydrogen-bond acceptors (Lipinski definition) is 6. The summed E-state index contributed by atoms with van der Waals surface area (Å²) < 4.78 is 4.90. The lowest BCUT2D eigenvalue weighted by molar-refractivity contribution is -0.384. The van der Waals surface area contributed by atoms with Gasteiger partial charge in [0.2, 0.25) is 0 Å². The van der Waals surface area contributed by atoms with Crippen molar-refractivity contribution in [2.24, 2.45) is 0 Å². The minimum absolute atomic E-state index is 0.0612. The molecule has 1 saturated heterocycles. The van der Waals surface area contributed by atoms with Crippen molar-refractivity contribution < 1.29 is 19.2 Å². The highest BCUT2D eigenvalue weighted by molar-refractivity contribution is 6.30. The van der Waals surface area contributed by atoms with Gasteiger partial charge in [-0.3, -0.25) is 14.9 Å². The molecule has 9 heteroatoms. The van der Waals surface area contributed by atoms with E-state index in [1.807, 2.05) is 11.8 Å². The third kappa shape index (κ3) is 5.19. The largest absolute Gasteiger partial charge is 0.452 e. The van der Waals surface area contributed by atoms with Gasteiger partial charge in [-0.25, -0.2) is 4.79 Å². The number of hydrogen-bond donors (Lipinski definition) is 0. The first-order chi connectivity index (χ1) is 12.4. The summed E-state index contributed by atoms with van der Waals surface area (Å²) in [5.41, 5.74) is 0.413. The molecule has 0 aliphatic carbocycles. The maximum atomic E-state index is 12.1. The van der Waals surface area contributed by atoms with Crippen LogP contribution in [0.4, 0.5) is 11.4 Å². The molecule has 26 heavy (non-hydrogen) atoms. The molecule has 0 atom stereocenters. The maximum Gasteiger partial charge on any atom is 0.330 e. The van der Waals surface area contributed by atoms with Gasteiger partial charge in [0.25, 0.3) is 11.6 Å². The van der Waals surface area contributed by atoms with Gasteiger partial charge in [-0.05, 0) is 18.6 Å². The zero-order valence-corrected chi connectivity index (χ0v) is 15.1. The standard InChI is InChI=1S/C17H20ClN3O5/c1-2-3-4-17(23)26-12-16(22)20-9-7-19(8-10-20)14-6-5-13(18)11-15(14)21(24)25/h3-6,11H,2,7-10,12H2,1H3/b4-3+. The third-order valence-electron chi connectivity index (χ3n) is 3.93. The van der Waals surface area contributed by atoms with Crippen molar-refractivity contribution in [2.75, 3.05) is 37.7 Å². The van der Waals surface area contributed by atoms with Crippen molar-refractivity contribution in [3.63, 3.8) is 0 Å². The maximum absolute atomic E-state index is 12.1. The van der Waals surface area contributed by atoms with Gasteiger partial charge in [-0.2, -0.15) is 0 Å². The number of halogens is 1. The SMILES string of the molecule is CC/C=C/C(=O)OCC(=O)N1CCN(c2ccc(Cl)cc2[N+](=O)[O-])CC1. The van der Waals surface area contributed by atoms with E-state index >= 15 is 0 Å². The smallest absolute Gasteiger partial charge is 0.330 e. The van der Waals surface area contributed by atoms with Crippen LogP contribution in [-0.2, 0) is 14.3 Å². The van der Waals surface area contributed by atoms with Gasteiger partial charge in [-0.15, -0.1) is 0 Å². The molecule has 1 amide bonds. The molecule has 1 aliphatic heterocycles. The second-order valence-corrected chi connectivity index (χ2v) is 6.11. The van der Waals surface area contributed by atoms with Crippen LogP contribution < -0.4 is 4.90 Å². The molecule has 1 aromatic carbocycles. The first kappa shape index (κ1) is 19.7. The van der Waals surface area contributed by atoms with Crippen molar-refractivity contribution in [1.29, 1.82) is 0 Å². The second kappa shape index (κ2) is 9.19. The normalized spacial score (nSPS) is 14.5. The predicted molar refractivity (Wildman–Crippen MR) is 97.3 cm³/mol. The Hall–Kier alpha value is -2.61. The van der Waals surface area contributed by atoms with Crippen molar-refractivity contribution in [2.45, 2.75) is 13.3 Å². The molecule has 2 rings (SSSR count). The number of amides is 1. The molecule has 140 valence electrons. The Bertz CT molecular complexity index is 714. The van der Waals surface area contributed by atoms with Crippen LogP contribution in [0.15, 0.2) is 30.4 Å². The number of nitrogens with zero attached hydrogens (tertiary/aromatic N) is 3. The molecule has 0 unspecified atom stereocenters. The lowest BCUT2D eigenvalue weighted by Crippen LogP contribution is -2.50. The van der Waals surface area contributed by atoms with E-state index < -0.39 is 10.9 Å². The average Bonchev–Trinajstić information content (AvgIpc) is 2.64. The Morgan fingerprint density at radius 1 is 1.31 bits per heavy atom. The number of benzene rings is 1. The number of rotatable bonds is 6. The molecule has 1 aliphatic rings. The van der Waals surface area contributed by atoms with Gasteiger partial charge in [0, 0.05) is 43.3 Å². The van der Waals surface area contributed by atoms with Crippen LogP contribution in [-0.4, -0.2) is 54.5 Å². The van der Waals surface area contributed by atoms with Gasteiger partial charge in [0.05, 0.1) is 4.92 Å². The molecule has 0 saturated carbocycles. The highest BCUT2D eigenvalue weighted by atomic mass is 35.5. The van der Waals surface area contributed by atoms with Crippen molar-refractivity contribution in [3.05, 3.63) is 45.5 Å². The Balaban J connectivity index is 1.91. The number of piperazine rings is 1. The van der Waals surface area contributed by atoms with Gasteiger partial charge in [-0.1, -0.05) is 24.6 Å². The second-order valence-electron chi connectivity index (χ2n) is 5.68. The summed E-state index contributed by atoms with van der Waals surface area (Å²) in [6.07, 6.45) is 3.66. The van der Waals surface area contributed by atoms with Crippen molar-refractivity contribution in [1.82, 2.24) is 4.90 Å². The molecule has 1 aromatic rings. The molecule has 0 spiro atoms. The fourth-order valence-electron chi connectivity index (χ4n) is 2.59. The number of nitro benzene ring substituents is 1. The predicted octanol–water partition coefficient (Wildman–Crippen LogP) is 2.41. The van der Waals surface area contributed by atoms with Crippen LogP contribution in [0.3, 0.4) is 0 Å². The molecule has 0 bridgehead atoms. The first-order valence-corrected chi connectivity index (χ1v) is 8.60. The molecule has 1 fully saturated rings. The van der Waals surface area contributed by atoms with Crippen LogP contribution in [0, 0.1) is 10.1 Å². The van der Waals surface area contributed by atoms with E-state index in [1.54, 1.807) is 23.1 Å². The van der Waals surface area contributed by atoms with Crippen LogP contribution in [0.25, 0.3) is 0 Å². The van der Waals surface area contributed by atoms with Gasteiger partial charge in [0.15, 0.2) is 6.61 Å². The van der Waals surface area contributed by atoms with E-state index in [0.29, 0.717) is 43.3 Å². The fourth-order valence-corrected chi connectivity index (χ4v) is 2.76. The zero-order chi connectivity index (χ0) is 19.1. The summed E-state index contributed by atoms with van der Waals surface area (Å²) in [6.45, 7) is 3.24. The summed E-state index contributed by atoms with van der Waals surface area (Å²) in [4.78, 5) is 37.7. The fraction of sp³-hybridized carbons (Fsp3) is 0.412. The third-order valence-corrected chi connectivity index (χ3v) is 4.17. The van der Waals surface area contributed by atoms with Gasteiger partial charge in [0.1, 0.15) is 5.69 Å². The number of nitro groups is 1. The summed E-state index contributed by atoms with van der Waals surface area (Å²) in [7, 11) is 0. The number of allylic oxidation sites excluding steroid dienone is 1. The summed E-state index contributed by atoms with van der Waals surface area (Å²) in [5.74, 6) is -0.830. The van der Waals surface area contributed by atoms with Crippen LogP contribution in [0.1, 0.15) is 13.3 Å². The molecule has 1 heterocycles. The molecule has 8 nitrogen and oxygen atoms in total. The number of ether oxygens (including phenoxy) is 1. The molecule has 0 radical (unpaired) electrons. The highest BCUT2D eigenvalue weighted by Gasteiger charge is 2.26. The number of anilines is 1. The quantitative estimate of drug-likeness (QED) is 0.325. The van der Waals surface area contributed by atoms with E-state index in [0.717, 1.165) is 0 Å². The topological polar surface area (TPSA) is 93.0 Å². The summed E-state index contributed by atoms with van der Waals surface area (Å²) in [6, 6.07) is 4.53. The Labute approximate surface area is 156 Å². The molecule has 0 aromatic heterocycles. The summed E-state index contributed by atoms with van der Waals surface area (Å²) in [5, 5.41) is 11.5. The van der Waals surface area contributed by atoms with Gasteiger partial charge >= 0.3 is 5.97 Å². The minimum Gasteiger partial charge on any atom is -0.452 e. The van der Waals surface area contributed by atoms with Crippen molar-refractivity contribution in [3.8, 4) is 0 Å². The lowest BCUT2D eigenvalue weighted by Gasteiger charge is -2.35. The molecular weight excluding hydrogens is 362 g/mol. The van der Waals surface area contributed by atoms with E-state index in [1.165, 1.54) is 12.1 Å². The van der Waals surface area contributed by atoms with E-state index in [4.69, 9.17) is 16.3 Å². The lowest BCUT2D eigenvalue weighted by atomic mass is 10.2. The Kier molecular flexibility index (Phi) is 6.97. The first-order valence-electron chi connectivity index (χ1n) is 8.22. The van der Waals surface area contributed by atoms with Crippen LogP contribution in [0.2, 0.25) is 5.02 Å². The van der Waals surface area contributed by atoms with Gasteiger partial charge < -0.3 is 14.5 Å². The zero-order valence-electron chi connectivity index (χ0n) is 14.4. The average molecular weight is 382 g/mol. The summed E-state index contributed by atoms with van der Waals surface area (Å²) >= 11 is 5.83. The van der Waals surface area contributed by atoms with Crippen LogP contribution >= 0.6 is 11.6 Å². The Morgan fingerprint density at radius 3 is 2.62 bits per heavy atom. The van der Waals surface area contributed by atoms with Crippen LogP contribution in [0.5, 0.6) is 0 Å². The number of esters is 1. The molecular formula is C17H20ClN3O5. The number of carbonyl (C=O) groups excluding carboxylic acids is 2.